The van der Waals surface area contributed by atoms with Gasteiger partial charge >= 0.3 is 0 Å². The minimum atomic E-state index is 0.00120. The highest BCUT2D eigenvalue weighted by atomic mass is 79.9. The molecule has 3 nitrogen and oxygen atoms in total. The Morgan fingerprint density at radius 2 is 1.95 bits per heavy atom. The van der Waals surface area contributed by atoms with Gasteiger partial charge in [-0.2, -0.15) is 0 Å². The van der Waals surface area contributed by atoms with Gasteiger partial charge in [0.1, 0.15) is 5.75 Å². The van der Waals surface area contributed by atoms with Crippen LogP contribution in [0.4, 0.5) is 0 Å². The Kier molecular flexibility index (Phi) is 6.52. The summed E-state index contributed by atoms with van der Waals surface area (Å²) in [6.45, 7) is 0. The molecule has 0 heterocycles. The van der Waals surface area contributed by atoms with Crippen LogP contribution in [-0.4, -0.2) is 26.4 Å². The number of hydrogen-bond acceptors (Lipinski definition) is 3. The van der Waals surface area contributed by atoms with Crippen molar-refractivity contribution in [2.24, 2.45) is 11.7 Å². The number of halogens is 1. The van der Waals surface area contributed by atoms with E-state index in [1.54, 1.807) is 14.2 Å². The first kappa shape index (κ1) is 16.8. The summed E-state index contributed by atoms with van der Waals surface area (Å²) < 4.78 is 12.2. The van der Waals surface area contributed by atoms with Crippen molar-refractivity contribution in [3.05, 3.63) is 28.2 Å². The average molecular weight is 356 g/mol. The highest BCUT2D eigenvalue weighted by molar-refractivity contribution is 9.10. The van der Waals surface area contributed by atoms with Crippen LogP contribution in [0, 0.1) is 5.92 Å². The molecule has 0 aromatic heterocycles. The lowest BCUT2D eigenvalue weighted by molar-refractivity contribution is 0.0178. The fourth-order valence-corrected chi connectivity index (χ4v) is 3.86. The maximum absolute atomic E-state index is 6.47. The normalized spacial score (nSPS) is 19.2. The molecule has 0 radical (unpaired) electrons. The maximum atomic E-state index is 6.47. The molecular formula is C17H26BrNO2. The van der Waals surface area contributed by atoms with Gasteiger partial charge in [0.05, 0.1) is 13.2 Å². The molecule has 2 atom stereocenters. The van der Waals surface area contributed by atoms with Gasteiger partial charge in [-0.05, 0) is 48.9 Å². The van der Waals surface area contributed by atoms with Crippen molar-refractivity contribution in [3.63, 3.8) is 0 Å². The minimum absolute atomic E-state index is 0.00120. The third-order valence-corrected chi connectivity index (χ3v) is 5.00. The second-order valence-electron chi connectivity index (χ2n) is 5.92. The minimum Gasteiger partial charge on any atom is -0.496 e. The molecule has 1 saturated carbocycles. The van der Waals surface area contributed by atoms with Crippen LogP contribution in [0.5, 0.6) is 5.75 Å². The summed E-state index contributed by atoms with van der Waals surface area (Å²) >= 11 is 3.52. The summed E-state index contributed by atoms with van der Waals surface area (Å²) in [5.74, 6) is 1.49. The largest absolute Gasteiger partial charge is 0.496 e. The first-order chi connectivity index (χ1) is 10.2. The molecule has 1 aliphatic carbocycles. The van der Waals surface area contributed by atoms with Crippen LogP contribution in [0.1, 0.15) is 37.7 Å². The van der Waals surface area contributed by atoms with Crippen molar-refractivity contribution in [2.75, 3.05) is 14.2 Å². The zero-order chi connectivity index (χ0) is 15.2. The molecular weight excluding hydrogens is 330 g/mol. The van der Waals surface area contributed by atoms with E-state index >= 15 is 0 Å². The van der Waals surface area contributed by atoms with Gasteiger partial charge < -0.3 is 15.2 Å². The predicted molar refractivity (Wildman–Crippen MR) is 89.7 cm³/mol. The van der Waals surface area contributed by atoms with E-state index in [4.69, 9.17) is 15.2 Å². The fourth-order valence-electron chi connectivity index (χ4n) is 3.46. The third kappa shape index (κ3) is 4.44. The van der Waals surface area contributed by atoms with Crippen LogP contribution in [0.25, 0.3) is 0 Å². The molecule has 0 aliphatic heterocycles. The molecule has 0 amide bonds. The Balaban J connectivity index is 2.07. The lowest BCUT2D eigenvalue weighted by atomic mass is 9.81. The number of ether oxygens (including phenoxy) is 2. The highest BCUT2D eigenvalue weighted by Crippen LogP contribution is 2.31. The van der Waals surface area contributed by atoms with Crippen molar-refractivity contribution in [2.45, 2.75) is 50.7 Å². The van der Waals surface area contributed by atoms with Crippen LogP contribution in [0.3, 0.4) is 0 Å². The maximum Gasteiger partial charge on any atom is 0.122 e. The average Bonchev–Trinajstić information content (AvgIpc) is 2.49. The van der Waals surface area contributed by atoms with E-state index in [2.05, 4.69) is 22.0 Å². The first-order valence-electron chi connectivity index (χ1n) is 7.76. The van der Waals surface area contributed by atoms with E-state index in [9.17, 15) is 0 Å². The summed E-state index contributed by atoms with van der Waals surface area (Å²) in [5, 5.41) is 0. The molecule has 2 N–H and O–H groups in total. The third-order valence-electron chi connectivity index (χ3n) is 4.51. The summed E-state index contributed by atoms with van der Waals surface area (Å²) in [4.78, 5) is 0. The van der Waals surface area contributed by atoms with E-state index in [-0.39, 0.29) is 12.1 Å². The van der Waals surface area contributed by atoms with Gasteiger partial charge in [0.2, 0.25) is 0 Å². The van der Waals surface area contributed by atoms with Gasteiger partial charge in [-0.15, -0.1) is 0 Å². The van der Waals surface area contributed by atoms with Gasteiger partial charge in [0.15, 0.2) is 0 Å². The summed E-state index contributed by atoms with van der Waals surface area (Å²) in [6.07, 6.45) is 7.34. The summed E-state index contributed by atoms with van der Waals surface area (Å²) in [6, 6.07) is 6.06. The van der Waals surface area contributed by atoms with E-state index in [0.29, 0.717) is 5.92 Å². The Hall–Kier alpha value is -0.580. The molecule has 1 aliphatic rings. The second kappa shape index (κ2) is 8.16. The quantitative estimate of drug-likeness (QED) is 0.840. The smallest absolute Gasteiger partial charge is 0.122 e. The molecule has 1 aromatic rings. The first-order valence-corrected chi connectivity index (χ1v) is 8.55. The summed E-state index contributed by atoms with van der Waals surface area (Å²) in [7, 11) is 3.49. The molecule has 0 bridgehead atoms. The lowest BCUT2D eigenvalue weighted by Gasteiger charge is -2.33. The van der Waals surface area contributed by atoms with E-state index in [0.717, 1.165) is 22.2 Å². The Morgan fingerprint density at radius 3 is 2.57 bits per heavy atom. The monoisotopic (exact) mass is 355 g/mol. The topological polar surface area (TPSA) is 44.5 Å². The van der Waals surface area contributed by atoms with Gasteiger partial charge in [0, 0.05) is 17.6 Å². The SMILES string of the molecule is COc1ccc(Br)cc1CC(N)C(OC)C1CCCCC1. The molecule has 1 fully saturated rings. The van der Waals surface area contributed by atoms with E-state index in [1.165, 1.54) is 32.1 Å². The zero-order valence-corrected chi connectivity index (χ0v) is 14.6. The highest BCUT2D eigenvalue weighted by Gasteiger charge is 2.29. The predicted octanol–water partition coefficient (Wildman–Crippen LogP) is 3.92. The van der Waals surface area contributed by atoms with E-state index < -0.39 is 0 Å². The number of hydrogen-bond donors (Lipinski definition) is 1. The molecule has 2 unspecified atom stereocenters. The zero-order valence-electron chi connectivity index (χ0n) is 13.0. The van der Waals surface area contributed by atoms with Gasteiger partial charge in [-0.25, -0.2) is 0 Å². The van der Waals surface area contributed by atoms with Crippen LogP contribution in [0.2, 0.25) is 0 Å². The molecule has 21 heavy (non-hydrogen) atoms. The van der Waals surface area contributed by atoms with Gasteiger partial charge in [0.25, 0.3) is 0 Å². The van der Waals surface area contributed by atoms with Crippen molar-refractivity contribution in [3.8, 4) is 5.75 Å². The van der Waals surface area contributed by atoms with Gasteiger partial charge in [-0.3, -0.25) is 0 Å². The van der Waals surface area contributed by atoms with Crippen LogP contribution in [-0.2, 0) is 11.2 Å². The van der Waals surface area contributed by atoms with Crippen molar-refractivity contribution < 1.29 is 9.47 Å². The number of methoxy groups -OCH3 is 2. The Labute approximate surface area is 136 Å². The Bertz CT molecular complexity index is 446. The van der Waals surface area contributed by atoms with Crippen molar-refractivity contribution in [1.82, 2.24) is 0 Å². The molecule has 2 rings (SSSR count). The molecule has 0 spiro atoms. The number of nitrogens with two attached hydrogens (primary N) is 1. The lowest BCUT2D eigenvalue weighted by Crippen LogP contribution is -2.43. The van der Waals surface area contributed by atoms with Crippen LogP contribution >= 0.6 is 15.9 Å². The number of rotatable bonds is 6. The molecule has 0 saturated heterocycles. The van der Waals surface area contributed by atoms with E-state index in [1.807, 2.05) is 12.1 Å². The standard InChI is InChI=1S/C17H26BrNO2/c1-20-16-9-8-14(18)10-13(16)11-15(19)17(21-2)12-6-4-3-5-7-12/h8-10,12,15,17H,3-7,11,19H2,1-2H3. The van der Waals surface area contributed by atoms with Crippen molar-refractivity contribution in [1.29, 1.82) is 0 Å². The Morgan fingerprint density at radius 1 is 1.24 bits per heavy atom. The molecule has 4 heteroatoms. The fraction of sp³-hybridized carbons (Fsp3) is 0.647. The van der Waals surface area contributed by atoms with Crippen molar-refractivity contribution >= 4 is 15.9 Å². The van der Waals surface area contributed by atoms with Crippen LogP contribution < -0.4 is 10.5 Å². The molecule has 1 aromatic carbocycles. The van der Waals surface area contributed by atoms with Gasteiger partial charge in [-0.1, -0.05) is 35.2 Å². The van der Waals surface area contributed by atoms with Crippen LogP contribution in [0.15, 0.2) is 22.7 Å². The second-order valence-corrected chi connectivity index (χ2v) is 6.84. The molecule has 118 valence electrons. The number of benzene rings is 1. The summed E-state index contributed by atoms with van der Waals surface area (Å²) in [5.41, 5.74) is 7.61.